The number of nitriles is 1. The van der Waals surface area contributed by atoms with Crippen LogP contribution < -0.4 is 5.32 Å². The summed E-state index contributed by atoms with van der Waals surface area (Å²) in [4.78, 5) is 11.5. The molecule has 0 heterocycles. The second-order valence-electron chi connectivity index (χ2n) is 3.22. The molecular weight excluding hydrogens is 188 g/mol. The molecule has 0 aliphatic rings. The molecule has 1 N–H and O–H groups in total. The Balaban J connectivity index is 2.74. The number of benzene rings is 1. The maximum atomic E-state index is 11.5. The molecule has 3 heteroatoms. The van der Waals surface area contributed by atoms with E-state index in [1.807, 2.05) is 25.1 Å². The van der Waals surface area contributed by atoms with Crippen molar-refractivity contribution in [1.29, 1.82) is 5.26 Å². The van der Waals surface area contributed by atoms with Crippen LogP contribution in [0, 0.1) is 11.3 Å². The molecule has 0 atom stereocenters. The van der Waals surface area contributed by atoms with E-state index in [1.165, 1.54) is 0 Å². The van der Waals surface area contributed by atoms with Gasteiger partial charge in [0.2, 0.25) is 0 Å². The first-order valence-electron chi connectivity index (χ1n) is 5.02. The molecule has 0 fully saturated rings. The minimum atomic E-state index is -0.0590. The number of aryl methyl sites for hydroxylation is 1. The molecular formula is C12H14N2O. The van der Waals surface area contributed by atoms with E-state index in [4.69, 9.17) is 5.26 Å². The van der Waals surface area contributed by atoms with Gasteiger partial charge >= 0.3 is 0 Å². The van der Waals surface area contributed by atoms with Crippen molar-refractivity contribution in [2.24, 2.45) is 0 Å². The van der Waals surface area contributed by atoms with Gasteiger partial charge < -0.3 is 5.32 Å². The Morgan fingerprint density at radius 1 is 1.53 bits per heavy atom. The Hall–Kier alpha value is -1.82. The summed E-state index contributed by atoms with van der Waals surface area (Å²) in [5.74, 6) is -0.0590. The van der Waals surface area contributed by atoms with Gasteiger partial charge in [-0.2, -0.15) is 5.26 Å². The molecule has 1 amide bonds. The van der Waals surface area contributed by atoms with E-state index < -0.39 is 0 Å². The van der Waals surface area contributed by atoms with Crippen LogP contribution in [0.2, 0.25) is 0 Å². The van der Waals surface area contributed by atoms with Crippen molar-refractivity contribution in [1.82, 2.24) is 5.32 Å². The Bertz CT molecular complexity index is 379. The quantitative estimate of drug-likeness (QED) is 0.810. The lowest BCUT2D eigenvalue weighted by Gasteiger charge is -2.03. The minimum Gasteiger partial charge on any atom is -0.352 e. The summed E-state index contributed by atoms with van der Waals surface area (Å²) in [6.07, 6.45) is 1.18. The third-order valence-electron chi connectivity index (χ3n) is 2.05. The average Bonchev–Trinajstić information content (AvgIpc) is 2.27. The van der Waals surface area contributed by atoms with Crippen molar-refractivity contribution in [3.63, 3.8) is 0 Å². The molecule has 0 unspecified atom stereocenters. The SMILES string of the molecule is CCNC(=O)c1cccc(CCC#N)c1. The fraction of sp³-hybridized carbons (Fsp3) is 0.333. The molecule has 15 heavy (non-hydrogen) atoms. The molecule has 0 radical (unpaired) electrons. The van der Waals surface area contributed by atoms with E-state index in [0.29, 0.717) is 24.9 Å². The van der Waals surface area contributed by atoms with E-state index >= 15 is 0 Å². The van der Waals surface area contributed by atoms with Crippen LogP contribution >= 0.6 is 0 Å². The van der Waals surface area contributed by atoms with Crippen LogP contribution in [0.1, 0.15) is 29.3 Å². The summed E-state index contributed by atoms with van der Waals surface area (Å²) in [6, 6.07) is 9.48. The fourth-order valence-electron chi connectivity index (χ4n) is 1.33. The monoisotopic (exact) mass is 202 g/mol. The molecule has 0 saturated heterocycles. The predicted molar refractivity (Wildman–Crippen MR) is 58.4 cm³/mol. The second-order valence-corrected chi connectivity index (χ2v) is 3.22. The predicted octanol–water partition coefficient (Wildman–Crippen LogP) is 1.89. The zero-order valence-electron chi connectivity index (χ0n) is 8.79. The lowest BCUT2D eigenvalue weighted by atomic mass is 10.1. The molecule has 1 rings (SSSR count). The molecule has 0 aliphatic heterocycles. The van der Waals surface area contributed by atoms with Gasteiger partial charge in [0.1, 0.15) is 0 Å². The minimum absolute atomic E-state index is 0.0590. The van der Waals surface area contributed by atoms with Crippen LogP contribution in [0.15, 0.2) is 24.3 Å². The lowest BCUT2D eigenvalue weighted by Crippen LogP contribution is -2.22. The zero-order chi connectivity index (χ0) is 11.1. The van der Waals surface area contributed by atoms with Crippen LogP contribution in [0.3, 0.4) is 0 Å². The molecule has 78 valence electrons. The second kappa shape index (κ2) is 5.82. The molecule has 0 aliphatic carbocycles. The Labute approximate surface area is 89.7 Å². The van der Waals surface area contributed by atoms with Crippen LogP contribution in [0.4, 0.5) is 0 Å². The molecule has 0 aromatic heterocycles. The Kier molecular flexibility index (Phi) is 4.36. The van der Waals surface area contributed by atoms with Crippen molar-refractivity contribution in [2.75, 3.05) is 6.54 Å². The van der Waals surface area contributed by atoms with Gasteiger partial charge in [0.25, 0.3) is 5.91 Å². The molecule has 0 spiro atoms. The number of hydrogen-bond donors (Lipinski definition) is 1. The summed E-state index contributed by atoms with van der Waals surface area (Å²) >= 11 is 0. The largest absolute Gasteiger partial charge is 0.352 e. The lowest BCUT2D eigenvalue weighted by molar-refractivity contribution is 0.0955. The highest BCUT2D eigenvalue weighted by Crippen LogP contribution is 2.07. The van der Waals surface area contributed by atoms with Gasteiger partial charge in [-0.15, -0.1) is 0 Å². The van der Waals surface area contributed by atoms with Gasteiger partial charge in [-0.1, -0.05) is 12.1 Å². The normalized spacial score (nSPS) is 9.33. The summed E-state index contributed by atoms with van der Waals surface area (Å²) in [6.45, 7) is 2.51. The maximum Gasteiger partial charge on any atom is 0.251 e. The van der Waals surface area contributed by atoms with Crippen LogP contribution in [0.25, 0.3) is 0 Å². The number of rotatable bonds is 4. The number of nitrogens with zero attached hydrogens (tertiary/aromatic N) is 1. The molecule has 1 aromatic carbocycles. The van der Waals surface area contributed by atoms with Gasteiger partial charge in [0.05, 0.1) is 6.07 Å². The van der Waals surface area contributed by atoms with Crippen LogP contribution in [-0.2, 0) is 6.42 Å². The highest BCUT2D eigenvalue weighted by atomic mass is 16.1. The molecule has 0 saturated carbocycles. The number of nitrogens with one attached hydrogen (secondary N) is 1. The van der Waals surface area contributed by atoms with E-state index in [1.54, 1.807) is 6.07 Å². The number of amides is 1. The topological polar surface area (TPSA) is 52.9 Å². The first-order chi connectivity index (χ1) is 7.27. The van der Waals surface area contributed by atoms with Gasteiger partial charge in [0, 0.05) is 18.5 Å². The van der Waals surface area contributed by atoms with Crippen molar-refractivity contribution in [3.8, 4) is 6.07 Å². The van der Waals surface area contributed by atoms with E-state index in [9.17, 15) is 4.79 Å². The molecule has 1 aromatic rings. The number of carbonyl (C=O) groups excluding carboxylic acids is 1. The molecule has 0 bridgehead atoms. The highest BCUT2D eigenvalue weighted by molar-refractivity contribution is 5.94. The van der Waals surface area contributed by atoms with Crippen LogP contribution in [-0.4, -0.2) is 12.5 Å². The first-order valence-corrected chi connectivity index (χ1v) is 5.02. The van der Waals surface area contributed by atoms with Crippen LogP contribution in [0.5, 0.6) is 0 Å². The van der Waals surface area contributed by atoms with Gasteiger partial charge in [-0.05, 0) is 31.0 Å². The third-order valence-corrected chi connectivity index (χ3v) is 2.05. The van der Waals surface area contributed by atoms with Crippen molar-refractivity contribution >= 4 is 5.91 Å². The third kappa shape index (κ3) is 3.43. The summed E-state index contributed by atoms with van der Waals surface area (Å²) in [5, 5.41) is 11.2. The highest BCUT2D eigenvalue weighted by Gasteiger charge is 2.03. The smallest absolute Gasteiger partial charge is 0.251 e. The van der Waals surface area contributed by atoms with Crippen molar-refractivity contribution in [2.45, 2.75) is 19.8 Å². The zero-order valence-corrected chi connectivity index (χ0v) is 8.79. The van der Waals surface area contributed by atoms with Gasteiger partial charge in [-0.3, -0.25) is 4.79 Å². The number of hydrogen-bond acceptors (Lipinski definition) is 2. The fourth-order valence-corrected chi connectivity index (χ4v) is 1.33. The van der Waals surface area contributed by atoms with Crippen molar-refractivity contribution < 1.29 is 4.79 Å². The van der Waals surface area contributed by atoms with E-state index in [0.717, 1.165) is 5.56 Å². The van der Waals surface area contributed by atoms with Gasteiger partial charge in [-0.25, -0.2) is 0 Å². The first kappa shape index (κ1) is 11.3. The maximum absolute atomic E-state index is 11.5. The van der Waals surface area contributed by atoms with E-state index in [2.05, 4.69) is 11.4 Å². The van der Waals surface area contributed by atoms with E-state index in [-0.39, 0.29) is 5.91 Å². The summed E-state index contributed by atoms with van der Waals surface area (Å²) in [5.41, 5.74) is 1.69. The Morgan fingerprint density at radius 2 is 2.33 bits per heavy atom. The van der Waals surface area contributed by atoms with Crippen molar-refractivity contribution in [3.05, 3.63) is 35.4 Å². The Morgan fingerprint density at radius 3 is 3.00 bits per heavy atom. The average molecular weight is 202 g/mol. The summed E-state index contributed by atoms with van der Waals surface area (Å²) < 4.78 is 0. The summed E-state index contributed by atoms with van der Waals surface area (Å²) in [7, 11) is 0. The van der Waals surface area contributed by atoms with Gasteiger partial charge in [0.15, 0.2) is 0 Å². The molecule has 3 nitrogen and oxygen atoms in total. The number of carbonyl (C=O) groups is 1. The standard InChI is InChI=1S/C12H14N2O/c1-2-14-12(15)11-7-3-5-10(9-11)6-4-8-13/h3,5,7,9H,2,4,6H2,1H3,(H,14,15).